The van der Waals surface area contributed by atoms with Crippen LogP contribution in [0.1, 0.15) is 0 Å². The molecule has 0 aliphatic rings. The molecule has 0 aliphatic heterocycles. The number of furan rings is 1. The lowest BCUT2D eigenvalue weighted by Gasteiger charge is -2.26. The zero-order chi connectivity index (χ0) is 33.3. The van der Waals surface area contributed by atoms with Gasteiger partial charge in [-0.05, 0) is 87.5 Å². The van der Waals surface area contributed by atoms with Crippen LogP contribution >= 0.6 is 0 Å². The van der Waals surface area contributed by atoms with Crippen LogP contribution in [0.25, 0.3) is 66.4 Å². The molecule has 2 heteroatoms. The molecule has 1 aromatic heterocycles. The number of benzene rings is 8. The van der Waals surface area contributed by atoms with Crippen LogP contribution in [0.4, 0.5) is 17.1 Å². The fraction of sp³-hybridized carbons (Fsp3) is 0. The Labute approximate surface area is 292 Å². The van der Waals surface area contributed by atoms with Gasteiger partial charge in [0, 0.05) is 33.4 Å². The van der Waals surface area contributed by atoms with E-state index in [-0.39, 0.29) is 0 Å². The van der Waals surface area contributed by atoms with Gasteiger partial charge < -0.3 is 9.32 Å². The second kappa shape index (κ2) is 12.8. The molecule has 1 heterocycles. The van der Waals surface area contributed by atoms with E-state index in [9.17, 15) is 0 Å². The predicted molar refractivity (Wildman–Crippen MR) is 210 cm³/mol. The van der Waals surface area contributed by atoms with Gasteiger partial charge in [0.05, 0.1) is 0 Å². The molecule has 0 aliphatic carbocycles. The molecule has 0 amide bonds. The van der Waals surface area contributed by atoms with Crippen molar-refractivity contribution in [2.45, 2.75) is 0 Å². The van der Waals surface area contributed by atoms with Crippen molar-refractivity contribution in [3.8, 4) is 44.5 Å². The molecule has 236 valence electrons. The van der Waals surface area contributed by atoms with E-state index in [1.807, 2.05) is 0 Å². The van der Waals surface area contributed by atoms with E-state index in [4.69, 9.17) is 4.42 Å². The Hall–Kier alpha value is -6.64. The summed E-state index contributed by atoms with van der Waals surface area (Å²) in [7, 11) is 0. The molecule has 0 N–H and O–H groups in total. The molecule has 0 fully saturated rings. The number of anilines is 3. The van der Waals surface area contributed by atoms with Gasteiger partial charge in [0.25, 0.3) is 0 Å². The fourth-order valence-electron chi connectivity index (χ4n) is 6.94. The van der Waals surface area contributed by atoms with Crippen molar-refractivity contribution < 1.29 is 4.42 Å². The maximum atomic E-state index is 6.53. The summed E-state index contributed by atoms with van der Waals surface area (Å²) in [5.41, 5.74) is 14.5. The highest BCUT2D eigenvalue weighted by atomic mass is 16.3. The fourth-order valence-corrected chi connectivity index (χ4v) is 6.94. The summed E-state index contributed by atoms with van der Waals surface area (Å²) in [6.45, 7) is 0. The molecule has 9 rings (SSSR count). The summed E-state index contributed by atoms with van der Waals surface area (Å²) < 4.78 is 6.53. The molecule has 50 heavy (non-hydrogen) atoms. The first-order valence-electron chi connectivity index (χ1n) is 17.0. The first kappa shape index (κ1) is 29.5. The number of hydrogen-bond acceptors (Lipinski definition) is 2. The molecule has 0 radical (unpaired) electrons. The minimum Gasteiger partial charge on any atom is -0.455 e. The van der Waals surface area contributed by atoms with Crippen molar-refractivity contribution in [1.29, 1.82) is 0 Å². The lowest BCUT2D eigenvalue weighted by molar-refractivity contribution is 0.670. The van der Waals surface area contributed by atoms with E-state index in [1.54, 1.807) is 0 Å². The van der Waals surface area contributed by atoms with Gasteiger partial charge in [-0.25, -0.2) is 0 Å². The third kappa shape index (κ3) is 5.53. The number of nitrogens with zero attached hydrogens (tertiary/aromatic N) is 1. The van der Waals surface area contributed by atoms with Crippen LogP contribution in [0, 0.1) is 0 Å². The van der Waals surface area contributed by atoms with Gasteiger partial charge in [0.2, 0.25) is 0 Å². The monoisotopic (exact) mass is 639 g/mol. The van der Waals surface area contributed by atoms with E-state index in [2.05, 4.69) is 205 Å². The smallest absolute Gasteiger partial charge is 0.143 e. The van der Waals surface area contributed by atoms with Crippen LogP contribution in [-0.2, 0) is 0 Å². The molecule has 2 nitrogen and oxygen atoms in total. The van der Waals surface area contributed by atoms with Crippen molar-refractivity contribution in [3.63, 3.8) is 0 Å². The number of para-hydroxylation sites is 1. The predicted octanol–water partition coefficient (Wildman–Crippen LogP) is 13.7. The van der Waals surface area contributed by atoms with E-state index >= 15 is 0 Å². The lowest BCUT2D eigenvalue weighted by Crippen LogP contribution is -2.09. The van der Waals surface area contributed by atoms with Gasteiger partial charge in [-0.1, -0.05) is 152 Å². The van der Waals surface area contributed by atoms with Crippen molar-refractivity contribution in [2.75, 3.05) is 4.90 Å². The second-order valence-electron chi connectivity index (χ2n) is 12.6. The molecule has 0 saturated heterocycles. The largest absolute Gasteiger partial charge is 0.455 e. The van der Waals surface area contributed by atoms with Gasteiger partial charge in [-0.15, -0.1) is 0 Å². The topological polar surface area (TPSA) is 16.4 Å². The lowest BCUT2D eigenvalue weighted by atomic mass is 10.00. The third-order valence-electron chi connectivity index (χ3n) is 9.51. The molecule has 0 atom stereocenters. The highest BCUT2D eigenvalue weighted by molar-refractivity contribution is 6.10. The minimum atomic E-state index is 0.896. The standard InChI is InChI=1S/C48H33NO/c1-4-11-34(12-5-1)37-19-26-41(27-20-37)49(42-28-21-38(22-29-42)35-13-6-2-7-14-35)43-30-23-39(24-31-43)44-17-10-18-45-46-33-40(36-15-8-3-9-16-36)25-32-47(46)50-48(44)45/h1-33H. The highest BCUT2D eigenvalue weighted by Crippen LogP contribution is 2.40. The molecule has 8 aromatic carbocycles. The first-order valence-corrected chi connectivity index (χ1v) is 17.0. The Morgan fingerprint density at radius 2 is 0.720 bits per heavy atom. The number of hydrogen-bond donors (Lipinski definition) is 0. The number of fused-ring (bicyclic) bond motifs is 3. The summed E-state index contributed by atoms with van der Waals surface area (Å²) >= 11 is 0. The van der Waals surface area contributed by atoms with Crippen LogP contribution < -0.4 is 4.90 Å². The van der Waals surface area contributed by atoms with Crippen LogP contribution in [0.2, 0.25) is 0 Å². The minimum absolute atomic E-state index is 0.896. The van der Waals surface area contributed by atoms with Crippen molar-refractivity contribution in [3.05, 3.63) is 200 Å². The summed E-state index contributed by atoms with van der Waals surface area (Å²) in [4.78, 5) is 2.32. The van der Waals surface area contributed by atoms with Crippen LogP contribution in [0.5, 0.6) is 0 Å². The van der Waals surface area contributed by atoms with Crippen molar-refractivity contribution in [1.82, 2.24) is 0 Å². The van der Waals surface area contributed by atoms with Crippen molar-refractivity contribution in [2.24, 2.45) is 0 Å². The van der Waals surface area contributed by atoms with Crippen LogP contribution in [-0.4, -0.2) is 0 Å². The Morgan fingerprint density at radius 1 is 0.300 bits per heavy atom. The van der Waals surface area contributed by atoms with E-state index in [0.717, 1.165) is 50.1 Å². The molecule has 0 saturated carbocycles. The second-order valence-corrected chi connectivity index (χ2v) is 12.6. The normalized spacial score (nSPS) is 11.2. The molecule has 0 spiro atoms. The summed E-state index contributed by atoms with van der Waals surface area (Å²) in [5, 5.41) is 2.25. The molecule has 0 unspecified atom stereocenters. The summed E-state index contributed by atoms with van der Waals surface area (Å²) in [5.74, 6) is 0. The average molecular weight is 640 g/mol. The zero-order valence-corrected chi connectivity index (χ0v) is 27.4. The summed E-state index contributed by atoms with van der Waals surface area (Å²) in [6.07, 6.45) is 0. The number of rotatable bonds is 7. The quantitative estimate of drug-likeness (QED) is 0.173. The zero-order valence-electron chi connectivity index (χ0n) is 27.4. The Bertz CT molecular complexity index is 2450. The first-order chi connectivity index (χ1) is 24.8. The van der Waals surface area contributed by atoms with Crippen LogP contribution in [0.15, 0.2) is 205 Å². The Balaban J connectivity index is 1.10. The van der Waals surface area contributed by atoms with Crippen LogP contribution in [0.3, 0.4) is 0 Å². The maximum Gasteiger partial charge on any atom is 0.143 e. The molecule has 9 aromatic rings. The maximum absolute atomic E-state index is 6.53. The van der Waals surface area contributed by atoms with E-state index in [1.165, 1.54) is 33.4 Å². The van der Waals surface area contributed by atoms with Gasteiger partial charge in [-0.3, -0.25) is 0 Å². The third-order valence-corrected chi connectivity index (χ3v) is 9.51. The van der Waals surface area contributed by atoms with Crippen molar-refractivity contribution >= 4 is 39.0 Å². The highest BCUT2D eigenvalue weighted by Gasteiger charge is 2.16. The average Bonchev–Trinajstić information content (AvgIpc) is 3.58. The summed E-state index contributed by atoms with van der Waals surface area (Å²) in [6, 6.07) is 70.9. The Morgan fingerprint density at radius 3 is 1.22 bits per heavy atom. The van der Waals surface area contributed by atoms with E-state index in [0.29, 0.717) is 0 Å². The van der Waals surface area contributed by atoms with Gasteiger partial charge in [-0.2, -0.15) is 0 Å². The molecule has 0 bridgehead atoms. The van der Waals surface area contributed by atoms with Gasteiger partial charge in [0.15, 0.2) is 0 Å². The van der Waals surface area contributed by atoms with Gasteiger partial charge in [0.1, 0.15) is 11.2 Å². The molecular weight excluding hydrogens is 607 g/mol. The van der Waals surface area contributed by atoms with E-state index < -0.39 is 0 Å². The molecular formula is C48H33NO. The SMILES string of the molecule is c1ccc(-c2ccc(N(c3ccc(-c4ccccc4)cc3)c3ccc(-c4cccc5c4oc4ccc(-c6ccccc6)cc45)cc3)cc2)cc1. The van der Waals surface area contributed by atoms with Gasteiger partial charge >= 0.3 is 0 Å². The Kier molecular flexibility index (Phi) is 7.53.